The van der Waals surface area contributed by atoms with Gasteiger partial charge in [-0.05, 0) is 50.4 Å². The number of hydrogen-bond acceptors (Lipinski definition) is 3. The SMILES string of the molecule is CCCN(CC1CCNCC1)c1ccc(Cl)cn1. The minimum atomic E-state index is 0.706. The summed E-state index contributed by atoms with van der Waals surface area (Å²) in [4.78, 5) is 6.84. The largest absolute Gasteiger partial charge is 0.356 e. The van der Waals surface area contributed by atoms with E-state index in [1.807, 2.05) is 12.1 Å². The highest BCUT2D eigenvalue weighted by Crippen LogP contribution is 2.19. The van der Waals surface area contributed by atoms with E-state index in [-0.39, 0.29) is 0 Å². The van der Waals surface area contributed by atoms with Gasteiger partial charge in [0.1, 0.15) is 5.82 Å². The molecule has 0 aliphatic carbocycles. The number of rotatable bonds is 5. The van der Waals surface area contributed by atoms with Crippen LogP contribution in [0.4, 0.5) is 5.82 Å². The third kappa shape index (κ3) is 3.85. The fourth-order valence-corrected chi connectivity index (χ4v) is 2.61. The maximum Gasteiger partial charge on any atom is 0.128 e. The van der Waals surface area contributed by atoms with E-state index in [9.17, 15) is 0 Å². The molecule has 0 amide bonds. The van der Waals surface area contributed by atoms with Crippen molar-refractivity contribution in [2.75, 3.05) is 31.1 Å². The van der Waals surface area contributed by atoms with Crippen LogP contribution in [-0.2, 0) is 0 Å². The van der Waals surface area contributed by atoms with Crippen molar-refractivity contribution in [1.29, 1.82) is 0 Å². The molecule has 1 fully saturated rings. The van der Waals surface area contributed by atoms with E-state index >= 15 is 0 Å². The number of nitrogens with one attached hydrogen (secondary N) is 1. The molecule has 0 spiro atoms. The van der Waals surface area contributed by atoms with Gasteiger partial charge in [-0.15, -0.1) is 0 Å². The maximum absolute atomic E-state index is 5.90. The average Bonchev–Trinajstić information content (AvgIpc) is 2.40. The van der Waals surface area contributed by atoms with Gasteiger partial charge in [-0.2, -0.15) is 0 Å². The summed E-state index contributed by atoms with van der Waals surface area (Å²) in [6, 6.07) is 3.95. The molecule has 0 atom stereocenters. The molecule has 0 saturated carbocycles. The number of hydrogen-bond donors (Lipinski definition) is 1. The quantitative estimate of drug-likeness (QED) is 0.889. The summed E-state index contributed by atoms with van der Waals surface area (Å²) in [5.74, 6) is 1.84. The Balaban J connectivity index is 2.00. The molecule has 1 aromatic rings. The van der Waals surface area contributed by atoms with Crippen molar-refractivity contribution in [2.45, 2.75) is 26.2 Å². The first-order valence-corrected chi connectivity index (χ1v) is 7.24. The lowest BCUT2D eigenvalue weighted by atomic mass is 9.97. The Labute approximate surface area is 115 Å². The third-order valence-corrected chi connectivity index (χ3v) is 3.69. The van der Waals surface area contributed by atoms with Crippen LogP contribution in [0, 0.1) is 5.92 Å². The molecule has 2 rings (SSSR count). The molecule has 0 unspecified atom stereocenters. The molecule has 18 heavy (non-hydrogen) atoms. The van der Waals surface area contributed by atoms with Crippen molar-refractivity contribution >= 4 is 17.4 Å². The molecule has 1 saturated heterocycles. The Morgan fingerprint density at radius 2 is 2.17 bits per heavy atom. The second-order valence-corrected chi connectivity index (χ2v) is 5.41. The van der Waals surface area contributed by atoms with Crippen LogP contribution in [0.25, 0.3) is 0 Å². The zero-order chi connectivity index (χ0) is 12.8. The zero-order valence-electron chi connectivity index (χ0n) is 11.0. The van der Waals surface area contributed by atoms with E-state index < -0.39 is 0 Å². The Bertz CT molecular complexity index is 347. The van der Waals surface area contributed by atoms with Gasteiger partial charge in [0.25, 0.3) is 0 Å². The van der Waals surface area contributed by atoms with Crippen LogP contribution in [0.2, 0.25) is 5.02 Å². The van der Waals surface area contributed by atoms with E-state index in [2.05, 4.69) is 22.1 Å². The minimum Gasteiger partial charge on any atom is -0.356 e. The van der Waals surface area contributed by atoms with E-state index in [4.69, 9.17) is 11.6 Å². The second-order valence-electron chi connectivity index (χ2n) is 4.97. The van der Waals surface area contributed by atoms with Crippen molar-refractivity contribution in [2.24, 2.45) is 5.92 Å². The number of pyridine rings is 1. The van der Waals surface area contributed by atoms with Crippen LogP contribution in [0.1, 0.15) is 26.2 Å². The van der Waals surface area contributed by atoms with E-state index in [0.29, 0.717) is 5.02 Å². The summed E-state index contributed by atoms with van der Waals surface area (Å²) in [6.07, 6.45) is 5.43. The summed E-state index contributed by atoms with van der Waals surface area (Å²) in [7, 11) is 0. The Morgan fingerprint density at radius 3 is 2.78 bits per heavy atom. The molecule has 0 radical (unpaired) electrons. The highest BCUT2D eigenvalue weighted by molar-refractivity contribution is 6.30. The smallest absolute Gasteiger partial charge is 0.128 e. The van der Waals surface area contributed by atoms with Gasteiger partial charge >= 0.3 is 0 Å². The van der Waals surface area contributed by atoms with Crippen LogP contribution in [-0.4, -0.2) is 31.2 Å². The van der Waals surface area contributed by atoms with Crippen LogP contribution < -0.4 is 10.2 Å². The molecule has 100 valence electrons. The Morgan fingerprint density at radius 1 is 1.39 bits per heavy atom. The van der Waals surface area contributed by atoms with Crippen molar-refractivity contribution in [1.82, 2.24) is 10.3 Å². The lowest BCUT2D eigenvalue weighted by Gasteiger charge is -2.30. The predicted octanol–water partition coefficient (Wildman–Crippen LogP) is 2.95. The van der Waals surface area contributed by atoms with Crippen molar-refractivity contribution in [3.63, 3.8) is 0 Å². The Kier molecular flexibility index (Phi) is 5.26. The summed E-state index contributed by atoms with van der Waals surface area (Å²) >= 11 is 5.90. The van der Waals surface area contributed by atoms with Gasteiger partial charge in [-0.1, -0.05) is 18.5 Å². The summed E-state index contributed by atoms with van der Waals surface area (Å²) in [6.45, 7) is 6.70. The normalized spacial score (nSPS) is 16.8. The summed E-state index contributed by atoms with van der Waals surface area (Å²) in [5, 5.41) is 4.12. The second kappa shape index (κ2) is 6.95. The number of nitrogens with zero attached hydrogens (tertiary/aromatic N) is 2. The highest BCUT2D eigenvalue weighted by atomic mass is 35.5. The molecule has 3 nitrogen and oxygen atoms in total. The molecule has 1 N–H and O–H groups in total. The molecule has 2 heterocycles. The molecule has 1 aromatic heterocycles. The first-order valence-electron chi connectivity index (χ1n) is 6.87. The first kappa shape index (κ1) is 13.6. The molecule has 1 aliphatic heterocycles. The molecule has 1 aliphatic rings. The monoisotopic (exact) mass is 267 g/mol. The van der Waals surface area contributed by atoms with Gasteiger partial charge < -0.3 is 10.2 Å². The van der Waals surface area contributed by atoms with E-state index in [0.717, 1.165) is 44.3 Å². The molecular formula is C14H22ClN3. The number of piperidine rings is 1. The fraction of sp³-hybridized carbons (Fsp3) is 0.643. The molecular weight excluding hydrogens is 246 g/mol. The van der Waals surface area contributed by atoms with Gasteiger partial charge in [0, 0.05) is 19.3 Å². The molecule has 0 bridgehead atoms. The van der Waals surface area contributed by atoms with E-state index in [1.165, 1.54) is 12.8 Å². The predicted molar refractivity (Wildman–Crippen MR) is 77.3 cm³/mol. The Hall–Kier alpha value is -0.800. The van der Waals surface area contributed by atoms with Gasteiger partial charge in [-0.25, -0.2) is 4.98 Å². The van der Waals surface area contributed by atoms with Crippen molar-refractivity contribution in [3.05, 3.63) is 23.4 Å². The van der Waals surface area contributed by atoms with Gasteiger partial charge in [-0.3, -0.25) is 0 Å². The molecule has 4 heteroatoms. The van der Waals surface area contributed by atoms with Crippen LogP contribution in [0.5, 0.6) is 0 Å². The maximum atomic E-state index is 5.90. The fourth-order valence-electron chi connectivity index (χ4n) is 2.50. The number of halogens is 1. The number of aromatic nitrogens is 1. The molecule has 0 aromatic carbocycles. The zero-order valence-corrected chi connectivity index (χ0v) is 11.8. The highest BCUT2D eigenvalue weighted by Gasteiger charge is 2.17. The van der Waals surface area contributed by atoms with Gasteiger partial charge in [0.15, 0.2) is 0 Å². The topological polar surface area (TPSA) is 28.2 Å². The minimum absolute atomic E-state index is 0.706. The van der Waals surface area contributed by atoms with Gasteiger partial charge in [0.2, 0.25) is 0 Å². The summed E-state index contributed by atoms with van der Waals surface area (Å²) in [5.41, 5.74) is 0. The van der Waals surface area contributed by atoms with Crippen LogP contribution >= 0.6 is 11.6 Å². The van der Waals surface area contributed by atoms with Crippen LogP contribution in [0.3, 0.4) is 0 Å². The lowest BCUT2D eigenvalue weighted by molar-refractivity contribution is 0.372. The summed E-state index contributed by atoms with van der Waals surface area (Å²) < 4.78 is 0. The van der Waals surface area contributed by atoms with Crippen molar-refractivity contribution < 1.29 is 0 Å². The third-order valence-electron chi connectivity index (χ3n) is 3.47. The van der Waals surface area contributed by atoms with Crippen LogP contribution in [0.15, 0.2) is 18.3 Å². The van der Waals surface area contributed by atoms with E-state index in [1.54, 1.807) is 6.20 Å². The number of anilines is 1. The van der Waals surface area contributed by atoms with Gasteiger partial charge in [0.05, 0.1) is 5.02 Å². The average molecular weight is 268 g/mol. The lowest BCUT2D eigenvalue weighted by Crippen LogP contribution is -2.37. The van der Waals surface area contributed by atoms with Crippen molar-refractivity contribution in [3.8, 4) is 0 Å². The first-order chi connectivity index (χ1) is 8.79. The standard InChI is InChI=1S/C14H22ClN3/c1-2-9-18(11-12-5-7-16-8-6-12)14-4-3-13(15)10-17-14/h3-4,10,12,16H,2,5-9,11H2,1H3.